The first kappa shape index (κ1) is 36.2. The van der Waals surface area contributed by atoms with Gasteiger partial charge in [-0.15, -0.1) is 0 Å². The van der Waals surface area contributed by atoms with E-state index in [1.807, 2.05) is 0 Å². The topological polar surface area (TPSA) is 20.2 Å². The Kier molecular flexibility index (Phi) is 7.97. The monoisotopic (exact) mass is 636 g/mol. The maximum atomic E-state index is 13.5. The highest BCUT2D eigenvalue weighted by molar-refractivity contribution is 5.19. The Labute approximate surface area is 188 Å². The van der Waals surface area contributed by atoms with Crippen LogP contribution in [0.5, 0.6) is 0 Å². The van der Waals surface area contributed by atoms with Crippen LogP contribution >= 0.6 is 0 Å². The van der Waals surface area contributed by atoms with E-state index >= 15 is 0 Å². The molecule has 0 aliphatic rings. The molecule has 38 heavy (non-hydrogen) atoms. The molecule has 0 spiro atoms. The number of alkyl halides is 25. The van der Waals surface area contributed by atoms with Crippen LogP contribution in [0.2, 0.25) is 0 Å². The van der Waals surface area contributed by atoms with Crippen molar-refractivity contribution in [2.45, 2.75) is 71.5 Å². The van der Waals surface area contributed by atoms with Gasteiger partial charge in [0.2, 0.25) is 0 Å². The Bertz CT molecular complexity index is 798. The third-order valence-electron chi connectivity index (χ3n) is 4.30. The predicted molar refractivity (Wildman–Crippen MR) is 62.7 cm³/mol. The zero-order valence-corrected chi connectivity index (χ0v) is 15.9. The van der Waals surface area contributed by atoms with Gasteiger partial charge in [0.05, 0.1) is 0 Å². The Hall–Kier alpha value is -1.79. The summed E-state index contributed by atoms with van der Waals surface area (Å²) in [6, 6.07) is 0. The lowest BCUT2D eigenvalue weighted by Crippen LogP contribution is -2.79. The molecule has 0 heterocycles. The molecule has 0 radical (unpaired) electrons. The number of hydrogen-bond acceptors (Lipinski definition) is 1. The van der Waals surface area contributed by atoms with Crippen LogP contribution in [0.4, 0.5) is 110 Å². The van der Waals surface area contributed by atoms with Crippen LogP contribution in [0.15, 0.2) is 0 Å². The summed E-state index contributed by atoms with van der Waals surface area (Å²) in [5, 5.41) is 8.09. The van der Waals surface area contributed by atoms with Crippen molar-refractivity contribution >= 4 is 0 Å². The van der Waals surface area contributed by atoms with E-state index in [2.05, 4.69) is 0 Å². The number of aliphatic hydroxyl groups is 1. The van der Waals surface area contributed by atoms with Gasteiger partial charge in [0, 0.05) is 0 Å². The van der Waals surface area contributed by atoms with Gasteiger partial charge in [-0.05, 0) is 0 Å². The van der Waals surface area contributed by atoms with Gasteiger partial charge < -0.3 is 5.11 Å². The van der Waals surface area contributed by atoms with E-state index in [9.17, 15) is 110 Å². The van der Waals surface area contributed by atoms with Crippen molar-refractivity contribution in [1.29, 1.82) is 0 Å². The number of halogens is 25. The summed E-state index contributed by atoms with van der Waals surface area (Å²) >= 11 is 0. The molecule has 1 atom stereocenters. The molecule has 0 saturated carbocycles. The van der Waals surface area contributed by atoms with Crippen LogP contribution in [0, 0.1) is 0 Å². The molecule has 0 bridgehead atoms. The highest BCUT2D eigenvalue weighted by Crippen LogP contribution is 2.66. The normalized spacial score (nSPS) is 18.5. The summed E-state index contributed by atoms with van der Waals surface area (Å²) in [7, 11) is 0. The Morgan fingerprint density at radius 1 is 0.211 bits per heavy atom. The molecule has 1 N–H and O–H groups in total. The summed E-state index contributed by atoms with van der Waals surface area (Å²) in [5.74, 6) is -91.3. The van der Waals surface area contributed by atoms with Crippen LogP contribution in [0.1, 0.15) is 0 Å². The second-order valence-electron chi connectivity index (χ2n) is 6.79. The summed E-state index contributed by atoms with van der Waals surface area (Å²) < 4.78 is 320. The van der Waals surface area contributed by atoms with Gasteiger partial charge >= 0.3 is 71.5 Å². The average Bonchev–Trinajstić information content (AvgIpc) is 2.64. The molecule has 0 aliphatic heterocycles. The highest BCUT2D eigenvalue weighted by atomic mass is 19.4. The number of hydrogen-bond donors (Lipinski definition) is 1. The van der Waals surface area contributed by atoms with Crippen molar-refractivity contribution in [3.63, 3.8) is 0 Å². The van der Waals surface area contributed by atoms with E-state index in [1.165, 1.54) is 0 Å². The molecule has 230 valence electrons. The fourth-order valence-corrected chi connectivity index (χ4v) is 1.96. The zero-order chi connectivity index (χ0) is 32.0. The van der Waals surface area contributed by atoms with Crippen LogP contribution in [0.25, 0.3) is 0 Å². The fraction of sp³-hybridized carbons (Fsp3) is 1.00. The minimum Gasteiger partial charge on any atom is -0.352 e. The van der Waals surface area contributed by atoms with Gasteiger partial charge in [-0.25, -0.2) is 0 Å². The third kappa shape index (κ3) is 3.99. The predicted octanol–water partition coefficient (Wildman–Crippen LogP) is 7.49. The largest absolute Gasteiger partial charge is 0.460 e. The summed E-state index contributed by atoms with van der Waals surface area (Å²) in [5.41, 5.74) is 0. The van der Waals surface area contributed by atoms with Crippen LogP contribution in [0.3, 0.4) is 0 Å². The van der Waals surface area contributed by atoms with Gasteiger partial charge in [-0.1, -0.05) is 0 Å². The maximum absolute atomic E-state index is 13.5. The minimum atomic E-state index is -9.44. The third-order valence-corrected chi connectivity index (χ3v) is 4.30. The smallest absolute Gasteiger partial charge is 0.352 e. The molecule has 0 aromatic heterocycles. The molecule has 0 aromatic rings. The Balaban J connectivity index is 7.29. The van der Waals surface area contributed by atoms with Crippen molar-refractivity contribution in [1.82, 2.24) is 0 Å². The molecule has 0 aliphatic carbocycles. The van der Waals surface area contributed by atoms with Gasteiger partial charge in [0.25, 0.3) is 0 Å². The maximum Gasteiger partial charge on any atom is 0.460 e. The zero-order valence-electron chi connectivity index (χ0n) is 15.9. The minimum absolute atomic E-state index is 8.09. The molecular formula is C12HF25O. The molecule has 0 fully saturated rings. The standard InChI is InChI=1S/C12HF25O/c13-1(14,4(19,20)8(27,28)11(32,33)34)2(15,16)6(23,24)10(31,38)7(25,26)3(17,18)5(21,22)9(29,30)12(35,36)37/h38H. The second-order valence-corrected chi connectivity index (χ2v) is 6.79. The molecule has 0 rings (SSSR count). The molecule has 1 nitrogen and oxygen atoms in total. The van der Waals surface area contributed by atoms with E-state index < -0.39 is 71.5 Å². The SMILES string of the molecule is OC(F)(C(F)(F)C(F)(F)C(F)(F)C(F)(F)C(F)(F)F)C(F)(F)C(F)(F)C(F)(F)C(F)(F)C(F)(F)C(F)(F)F. The summed E-state index contributed by atoms with van der Waals surface area (Å²) in [4.78, 5) is 0. The van der Waals surface area contributed by atoms with Crippen LogP contribution in [-0.4, -0.2) is 76.6 Å². The van der Waals surface area contributed by atoms with Crippen molar-refractivity contribution in [3.05, 3.63) is 0 Å². The van der Waals surface area contributed by atoms with Gasteiger partial charge in [-0.2, -0.15) is 110 Å². The van der Waals surface area contributed by atoms with Gasteiger partial charge in [0.1, 0.15) is 0 Å². The Morgan fingerprint density at radius 2 is 0.342 bits per heavy atom. The molecule has 1 unspecified atom stereocenters. The van der Waals surface area contributed by atoms with Gasteiger partial charge in [0.15, 0.2) is 0 Å². The van der Waals surface area contributed by atoms with E-state index in [1.54, 1.807) is 0 Å². The van der Waals surface area contributed by atoms with E-state index in [4.69, 9.17) is 5.11 Å². The Morgan fingerprint density at radius 3 is 0.500 bits per heavy atom. The molecule has 0 aromatic carbocycles. The van der Waals surface area contributed by atoms with E-state index in [0.717, 1.165) is 0 Å². The first-order valence-electron chi connectivity index (χ1n) is 7.70. The molecule has 26 heteroatoms. The fourth-order valence-electron chi connectivity index (χ4n) is 1.96. The first-order valence-corrected chi connectivity index (χ1v) is 7.70. The van der Waals surface area contributed by atoms with Crippen LogP contribution < -0.4 is 0 Å². The van der Waals surface area contributed by atoms with E-state index in [-0.39, 0.29) is 0 Å². The second kappa shape index (κ2) is 8.36. The molecular weight excluding hydrogens is 635 g/mol. The number of rotatable bonds is 9. The van der Waals surface area contributed by atoms with Crippen molar-refractivity contribution in [3.8, 4) is 0 Å². The van der Waals surface area contributed by atoms with Gasteiger partial charge in [-0.3, -0.25) is 0 Å². The summed E-state index contributed by atoms with van der Waals surface area (Å²) in [6.07, 6.45) is -16.3. The lowest BCUT2D eigenvalue weighted by Gasteiger charge is -2.46. The first-order chi connectivity index (χ1) is 15.8. The van der Waals surface area contributed by atoms with Crippen molar-refractivity contribution in [2.24, 2.45) is 0 Å². The lowest BCUT2D eigenvalue weighted by atomic mass is 9.84. The lowest BCUT2D eigenvalue weighted by molar-refractivity contribution is -0.495. The molecule has 0 amide bonds. The molecule has 0 saturated heterocycles. The van der Waals surface area contributed by atoms with Crippen molar-refractivity contribution < 1.29 is 115 Å². The highest BCUT2D eigenvalue weighted by Gasteiger charge is 2.99. The van der Waals surface area contributed by atoms with Crippen molar-refractivity contribution in [2.75, 3.05) is 0 Å². The average molecular weight is 636 g/mol. The van der Waals surface area contributed by atoms with Crippen LogP contribution in [-0.2, 0) is 0 Å². The summed E-state index contributed by atoms with van der Waals surface area (Å²) in [6.45, 7) is 0. The quantitative estimate of drug-likeness (QED) is 0.261. The van der Waals surface area contributed by atoms with E-state index in [0.29, 0.717) is 0 Å².